The molecule has 1 aliphatic carbocycles. The van der Waals surface area contributed by atoms with Gasteiger partial charge in [-0.2, -0.15) is 5.10 Å². The van der Waals surface area contributed by atoms with Gasteiger partial charge in [0.25, 0.3) is 0 Å². The molecule has 0 radical (unpaired) electrons. The number of aryl methyl sites for hydroxylation is 1. The minimum atomic E-state index is 0.129. The Labute approximate surface area is 163 Å². The van der Waals surface area contributed by atoms with Crippen LogP contribution in [0.3, 0.4) is 0 Å². The van der Waals surface area contributed by atoms with Gasteiger partial charge < -0.3 is 5.32 Å². The van der Waals surface area contributed by atoms with E-state index in [9.17, 15) is 4.79 Å². The number of piperidine rings is 1. The molecule has 0 unspecified atom stereocenters. The maximum absolute atomic E-state index is 12.2. The van der Waals surface area contributed by atoms with E-state index in [0.717, 1.165) is 37.9 Å². The molecule has 6 heteroatoms. The Hall–Kier alpha value is -1.40. The lowest BCUT2D eigenvalue weighted by Crippen LogP contribution is -2.39. The van der Waals surface area contributed by atoms with Crippen LogP contribution in [-0.2, 0) is 24.4 Å². The molecule has 1 amide bonds. The monoisotopic (exact) mass is 373 g/mol. The van der Waals surface area contributed by atoms with Crippen molar-refractivity contribution < 1.29 is 4.79 Å². The van der Waals surface area contributed by atoms with E-state index in [-0.39, 0.29) is 5.91 Å². The first kappa shape index (κ1) is 18.9. The summed E-state index contributed by atoms with van der Waals surface area (Å²) in [6, 6.07) is 2.97. The fourth-order valence-electron chi connectivity index (χ4n) is 4.96. The van der Waals surface area contributed by atoms with Gasteiger partial charge in [-0.25, -0.2) is 0 Å². The smallest absolute Gasteiger partial charge is 0.234 e. The van der Waals surface area contributed by atoms with E-state index < -0.39 is 0 Å². The van der Waals surface area contributed by atoms with Gasteiger partial charge in [0.15, 0.2) is 0 Å². The summed E-state index contributed by atoms with van der Waals surface area (Å²) in [7, 11) is 0. The average Bonchev–Trinajstić information content (AvgIpc) is 2.98. The Balaban J connectivity index is 1.29. The van der Waals surface area contributed by atoms with Gasteiger partial charge >= 0.3 is 0 Å². The van der Waals surface area contributed by atoms with Gasteiger partial charge in [0, 0.05) is 25.7 Å². The van der Waals surface area contributed by atoms with Gasteiger partial charge in [0.2, 0.25) is 5.91 Å². The third-order valence-electron chi connectivity index (χ3n) is 6.47. The van der Waals surface area contributed by atoms with E-state index in [1.165, 1.54) is 70.0 Å². The van der Waals surface area contributed by atoms with Crippen LogP contribution in [0.4, 0.5) is 0 Å². The number of nitrogens with zero attached hydrogens (tertiary/aromatic N) is 4. The molecule has 27 heavy (non-hydrogen) atoms. The lowest BCUT2D eigenvalue weighted by Gasteiger charge is -2.33. The Morgan fingerprint density at radius 1 is 1.00 bits per heavy atom. The molecular weight excluding hydrogens is 338 g/mol. The second kappa shape index (κ2) is 9.20. The summed E-state index contributed by atoms with van der Waals surface area (Å²) in [4.78, 5) is 17.2. The second-order valence-electron chi connectivity index (χ2n) is 8.58. The highest BCUT2D eigenvalue weighted by Crippen LogP contribution is 2.26. The summed E-state index contributed by atoms with van der Waals surface area (Å²) >= 11 is 0. The Morgan fingerprint density at radius 2 is 1.78 bits per heavy atom. The Kier molecular flexibility index (Phi) is 6.45. The summed E-state index contributed by atoms with van der Waals surface area (Å²) in [5.41, 5.74) is 2.32. The lowest BCUT2D eigenvalue weighted by molar-refractivity contribution is -0.122. The maximum Gasteiger partial charge on any atom is 0.234 e. The van der Waals surface area contributed by atoms with Gasteiger partial charge in [0.1, 0.15) is 0 Å². The molecule has 3 heterocycles. The summed E-state index contributed by atoms with van der Waals surface area (Å²) in [6.45, 7) is 6.40. The molecule has 4 rings (SSSR count). The average molecular weight is 374 g/mol. The number of nitrogens with one attached hydrogen (secondary N) is 1. The largest absolute Gasteiger partial charge is 0.349 e. The topological polar surface area (TPSA) is 53.4 Å². The van der Waals surface area contributed by atoms with Crippen molar-refractivity contribution in [3.8, 4) is 0 Å². The normalized spacial score (nSPS) is 23.0. The van der Waals surface area contributed by atoms with Crippen molar-refractivity contribution in [2.24, 2.45) is 0 Å². The van der Waals surface area contributed by atoms with Crippen molar-refractivity contribution in [1.29, 1.82) is 0 Å². The van der Waals surface area contributed by atoms with E-state index in [1.807, 2.05) is 0 Å². The zero-order valence-corrected chi connectivity index (χ0v) is 16.7. The van der Waals surface area contributed by atoms with Gasteiger partial charge in [-0.1, -0.05) is 25.7 Å². The molecule has 6 nitrogen and oxygen atoms in total. The number of amides is 1. The highest BCUT2D eigenvalue weighted by atomic mass is 16.2. The minimum absolute atomic E-state index is 0.129. The molecule has 1 aromatic rings. The predicted molar refractivity (Wildman–Crippen MR) is 106 cm³/mol. The fraction of sp³-hybridized carbons (Fsp3) is 0.810. The summed E-state index contributed by atoms with van der Waals surface area (Å²) < 4.78 is 2.18. The van der Waals surface area contributed by atoms with Crippen molar-refractivity contribution in [2.45, 2.75) is 83.5 Å². The van der Waals surface area contributed by atoms with Crippen molar-refractivity contribution in [3.63, 3.8) is 0 Å². The molecular formula is C21H35N5O. The molecule has 1 saturated heterocycles. The Morgan fingerprint density at radius 3 is 2.59 bits per heavy atom. The molecule has 0 aromatic carbocycles. The van der Waals surface area contributed by atoms with E-state index in [1.54, 1.807) is 0 Å². The molecule has 2 aliphatic heterocycles. The SMILES string of the molecule is O=C(CN1CCCCC1)NCc1cc2n(n1)CCCN(C1CCCCC1)C2. The molecule has 1 N–H and O–H groups in total. The van der Waals surface area contributed by atoms with E-state index >= 15 is 0 Å². The third-order valence-corrected chi connectivity index (χ3v) is 6.47. The molecule has 1 saturated carbocycles. The first-order valence-electron chi connectivity index (χ1n) is 11.1. The van der Waals surface area contributed by atoms with Crippen LogP contribution in [0.15, 0.2) is 6.07 Å². The molecule has 3 aliphatic rings. The van der Waals surface area contributed by atoms with Crippen molar-refractivity contribution in [2.75, 3.05) is 26.2 Å². The van der Waals surface area contributed by atoms with E-state index in [2.05, 4.69) is 25.9 Å². The molecule has 2 fully saturated rings. The van der Waals surface area contributed by atoms with Gasteiger partial charge in [-0.15, -0.1) is 0 Å². The maximum atomic E-state index is 12.2. The van der Waals surface area contributed by atoms with Gasteiger partial charge in [-0.3, -0.25) is 19.3 Å². The molecule has 0 spiro atoms. The number of hydrogen-bond acceptors (Lipinski definition) is 4. The van der Waals surface area contributed by atoms with Crippen LogP contribution >= 0.6 is 0 Å². The summed E-state index contributed by atoms with van der Waals surface area (Å²) in [6.07, 6.45) is 11.8. The molecule has 0 bridgehead atoms. The standard InChI is InChI=1S/C21H35N5O/c27-21(17-24-10-5-2-6-11-24)22-15-18-14-20-16-25(12-7-13-26(20)23-18)19-8-3-1-4-9-19/h14,19H,1-13,15-17H2,(H,22,27). The van der Waals surface area contributed by atoms with E-state index in [4.69, 9.17) is 5.10 Å². The van der Waals surface area contributed by atoms with Crippen molar-refractivity contribution >= 4 is 5.91 Å². The molecule has 0 atom stereocenters. The lowest BCUT2D eigenvalue weighted by atomic mass is 9.94. The minimum Gasteiger partial charge on any atom is -0.349 e. The highest BCUT2D eigenvalue weighted by molar-refractivity contribution is 5.77. The van der Waals surface area contributed by atoms with Crippen LogP contribution in [0, 0.1) is 0 Å². The van der Waals surface area contributed by atoms with Crippen LogP contribution < -0.4 is 5.32 Å². The van der Waals surface area contributed by atoms with Gasteiger partial charge in [-0.05, 0) is 51.3 Å². The zero-order chi connectivity index (χ0) is 18.5. The first-order valence-corrected chi connectivity index (χ1v) is 11.1. The Bertz CT molecular complexity index is 616. The number of rotatable bonds is 5. The first-order chi connectivity index (χ1) is 13.3. The molecule has 1 aromatic heterocycles. The quantitative estimate of drug-likeness (QED) is 0.862. The summed E-state index contributed by atoms with van der Waals surface area (Å²) in [5, 5.41) is 7.85. The number of fused-ring (bicyclic) bond motifs is 1. The van der Waals surface area contributed by atoms with Crippen molar-refractivity contribution in [3.05, 3.63) is 17.5 Å². The van der Waals surface area contributed by atoms with Crippen LogP contribution in [0.1, 0.15) is 69.2 Å². The fourth-order valence-corrected chi connectivity index (χ4v) is 4.96. The predicted octanol–water partition coefficient (Wildman–Crippen LogP) is 2.52. The second-order valence-corrected chi connectivity index (χ2v) is 8.58. The summed E-state index contributed by atoms with van der Waals surface area (Å²) in [5.74, 6) is 0.129. The molecule has 150 valence electrons. The van der Waals surface area contributed by atoms with Crippen LogP contribution in [0.25, 0.3) is 0 Å². The highest BCUT2D eigenvalue weighted by Gasteiger charge is 2.24. The van der Waals surface area contributed by atoms with Crippen LogP contribution in [-0.4, -0.2) is 57.7 Å². The third kappa shape index (κ3) is 5.11. The van der Waals surface area contributed by atoms with Crippen molar-refractivity contribution in [1.82, 2.24) is 24.9 Å². The van der Waals surface area contributed by atoms with Crippen LogP contribution in [0.2, 0.25) is 0 Å². The zero-order valence-electron chi connectivity index (χ0n) is 16.7. The number of likely N-dealkylation sites (tertiary alicyclic amines) is 1. The number of carbonyl (C=O) groups is 1. The number of carbonyl (C=O) groups excluding carboxylic acids is 1. The number of aromatic nitrogens is 2. The van der Waals surface area contributed by atoms with Crippen LogP contribution in [0.5, 0.6) is 0 Å². The van der Waals surface area contributed by atoms with Gasteiger partial charge in [0.05, 0.1) is 24.5 Å². The van der Waals surface area contributed by atoms with E-state index in [0.29, 0.717) is 13.1 Å². The number of hydrogen-bond donors (Lipinski definition) is 1.